The summed E-state index contributed by atoms with van der Waals surface area (Å²) >= 11 is 0. The summed E-state index contributed by atoms with van der Waals surface area (Å²) in [5.41, 5.74) is 0.722. The van der Waals surface area contributed by atoms with Gasteiger partial charge in [-0.3, -0.25) is 10.1 Å². The Balaban J connectivity index is 2.28. The molecule has 1 aromatic rings. The number of hydrogen-bond donors (Lipinski definition) is 1. The van der Waals surface area contributed by atoms with Crippen molar-refractivity contribution in [2.45, 2.75) is 19.4 Å². The quantitative estimate of drug-likeness (QED) is 0.667. The Hall–Kier alpha value is -1.82. The van der Waals surface area contributed by atoms with Crippen LogP contribution in [0, 0.1) is 16.0 Å². The molecule has 1 N–H and O–H groups in total. The van der Waals surface area contributed by atoms with E-state index in [0.717, 1.165) is 18.7 Å². The maximum absolute atomic E-state index is 10.9. The van der Waals surface area contributed by atoms with Crippen molar-refractivity contribution in [3.05, 3.63) is 28.3 Å². The molecular weight excluding hydrogens is 248 g/mol. The normalized spacial score (nSPS) is 23.2. The third-order valence-corrected chi connectivity index (χ3v) is 3.61. The zero-order valence-corrected chi connectivity index (χ0v) is 11.1. The summed E-state index contributed by atoms with van der Waals surface area (Å²) in [4.78, 5) is 12.4. The Morgan fingerprint density at radius 2 is 2.21 bits per heavy atom. The van der Waals surface area contributed by atoms with Crippen LogP contribution in [0.1, 0.15) is 13.3 Å². The van der Waals surface area contributed by atoms with Crippen molar-refractivity contribution in [3.63, 3.8) is 0 Å². The summed E-state index contributed by atoms with van der Waals surface area (Å²) < 4.78 is 5.09. The van der Waals surface area contributed by atoms with Crippen LogP contribution < -0.4 is 9.64 Å². The van der Waals surface area contributed by atoms with E-state index in [2.05, 4.69) is 0 Å². The van der Waals surface area contributed by atoms with Crippen molar-refractivity contribution in [2.75, 3.05) is 25.1 Å². The topological polar surface area (TPSA) is 75.8 Å². The fourth-order valence-electron chi connectivity index (χ4n) is 2.26. The summed E-state index contributed by atoms with van der Waals surface area (Å²) in [5, 5.41) is 20.8. The number of non-ortho nitro benzene ring substituents is 1. The van der Waals surface area contributed by atoms with Gasteiger partial charge in [-0.15, -0.1) is 0 Å². The van der Waals surface area contributed by atoms with Crippen LogP contribution in [0.2, 0.25) is 0 Å². The van der Waals surface area contributed by atoms with Crippen LogP contribution in [0.3, 0.4) is 0 Å². The highest BCUT2D eigenvalue weighted by Gasteiger charge is 2.25. The molecule has 1 aliphatic heterocycles. The first kappa shape index (κ1) is 13.6. The van der Waals surface area contributed by atoms with Gasteiger partial charge in [-0.25, -0.2) is 0 Å². The molecule has 1 heterocycles. The zero-order valence-electron chi connectivity index (χ0n) is 11.1. The van der Waals surface area contributed by atoms with E-state index in [-0.39, 0.29) is 11.6 Å². The van der Waals surface area contributed by atoms with E-state index < -0.39 is 11.0 Å². The number of piperidine rings is 1. The van der Waals surface area contributed by atoms with Crippen LogP contribution >= 0.6 is 0 Å². The number of methoxy groups -OCH3 is 1. The van der Waals surface area contributed by atoms with Gasteiger partial charge in [-0.2, -0.15) is 0 Å². The maximum Gasteiger partial charge on any atom is 0.275 e. The third-order valence-electron chi connectivity index (χ3n) is 3.61. The molecule has 0 bridgehead atoms. The molecule has 104 valence electrons. The third kappa shape index (κ3) is 2.96. The van der Waals surface area contributed by atoms with E-state index in [1.165, 1.54) is 19.2 Å². The molecule has 0 amide bonds. The Bertz CT molecular complexity index is 478. The molecule has 6 nitrogen and oxygen atoms in total. The summed E-state index contributed by atoms with van der Waals surface area (Å²) in [6.07, 6.45) is 0.464. The number of aliphatic hydroxyl groups is 1. The van der Waals surface area contributed by atoms with E-state index in [9.17, 15) is 15.2 Å². The van der Waals surface area contributed by atoms with Crippen molar-refractivity contribution in [3.8, 4) is 5.75 Å². The molecule has 2 rings (SSSR count). The van der Waals surface area contributed by atoms with Gasteiger partial charge in [0, 0.05) is 30.9 Å². The summed E-state index contributed by atoms with van der Waals surface area (Å²) in [5.74, 6) is 0.717. The first-order valence-electron chi connectivity index (χ1n) is 6.27. The van der Waals surface area contributed by atoms with Crippen molar-refractivity contribution in [1.29, 1.82) is 0 Å². The van der Waals surface area contributed by atoms with Crippen LogP contribution in [0.5, 0.6) is 5.75 Å². The number of anilines is 1. The Kier molecular flexibility index (Phi) is 3.90. The van der Waals surface area contributed by atoms with Crippen LogP contribution in [-0.4, -0.2) is 36.3 Å². The molecule has 0 spiro atoms. The fourth-order valence-corrected chi connectivity index (χ4v) is 2.26. The van der Waals surface area contributed by atoms with Crippen LogP contribution in [0.25, 0.3) is 0 Å². The Morgan fingerprint density at radius 3 is 2.79 bits per heavy atom. The van der Waals surface area contributed by atoms with E-state index in [4.69, 9.17) is 4.74 Å². The Labute approximate surface area is 111 Å². The SMILES string of the molecule is COc1cc(N2CCC(C)C(O)C2)cc([N+](=O)[O-])c1. The number of nitrogens with zero attached hydrogens (tertiary/aromatic N) is 2. The van der Waals surface area contributed by atoms with Gasteiger partial charge in [0.05, 0.1) is 24.2 Å². The van der Waals surface area contributed by atoms with E-state index in [0.29, 0.717) is 12.3 Å². The predicted molar refractivity (Wildman–Crippen MR) is 71.6 cm³/mol. The van der Waals surface area contributed by atoms with Gasteiger partial charge >= 0.3 is 0 Å². The highest BCUT2D eigenvalue weighted by molar-refractivity contribution is 5.58. The molecule has 0 saturated carbocycles. The van der Waals surface area contributed by atoms with E-state index in [1.54, 1.807) is 6.07 Å². The number of rotatable bonds is 3. The second kappa shape index (κ2) is 5.44. The first-order chi connectivity index (χ1) is 9.01. The molecular formula is C13H18N2O4. The lowest BCUT2D eigenvalue weighted by Gasteiger charge is -2.35. The highest BCUT2D eigenvalue weighted by Crippen LogP contribution is 2.30. The minimum Gasteiger partial charge on any atom is -0.496 e. The largest absolute Gasteiger partial charge is 0.496 e. The predicted octanol–water partition coefficient (Wildman–Crippen LogP) is 1.81. The lowest BCUT2D eigenvalue weighted by Crippen LogP contribution is -2.42. The monoisotopic (exact) mass is 266 g/mol. The van der Waals surface area contributed by atoms with Crippen LogP contribution in [0.4, 0.5) is 11.4 Å². The van der Waals surface area contributed by atoms with Crippen molar-refractivity contribution < 1.29 is 14.8 Å². The fraction of sp³-hybridized carbons (Fsp3) is 0.538. The molecule has 1 aromatic carbocycles. The second-order valence-electron chi connectivity index (χ2n) is 4.93. The number of aliphatic hydroxyl groups excluding tert-OH is 1. The minimum absolute atomic E-state index is 0.00228. The first-order valence-corrected chi connectivity index (χ1v) is 6.27. The van der Waals surface area contributed by atoms with Gasteiger partial charge in [0.15, 0.2) is 0 Å². The highest BCUT2D eigenvalue weighted by atomic mass is 16.6. The molecule has 1 fully saturated rings. The molecule has 19 heavy (non-hydrogen) atoms. The number of hydrogen-bond acceptors (Lipinski definition) is 5. The lowest BCUT2D eigenvalue weighted by molar-refractivity contribution is -0.384. The number of ether oxygens (including phenoxy) is 1. The molecule has 2 unspecified atom stereocenters. The summed E-state index contributed by atoms with van der Waals surface area (Å²) in [6, 6.07) is 4.67. The molecule has 1 saturated heterocycles. The van der Waals surface area contributed by atoms with Gasteiger partial charge in [0.1, 0.15) is 5.75 Å². The maximum atomic E-state index is 10.9. The summed E-state index contributed by atoms with van der Waals surface area (Å²) in [7, 11) is 1.48. The van der Waals surface area contributed by atoms with Crippen molar-refractivity contribution >= 4 is 11.4 Å². The van der Waals surface area contributed by atoms with Gasteiger partial charge < -0.3 is 14.7 Å². The standard InChI is InChI=1S/C13H18N2O4/c1-9-3-4-14(8-13(9)16)10-5-11(15(17)18)7-12(6-10)19-2/h5-7,9,13,16H,3-4,8H2,1-2H3. The molecule has 0 radical (unpaired) electrons. The molecule has 0 aromatic heterocycles. The zero-order chi connectivity index (χ0) is 14.0. The van der Waals surface area contributed by atoms with E-state index >= 15 is 0 Å². The van der Waals surface area contributed by atoms with Gasteiger partial charge in [-0.05, 0) is 12.3 Å². The average Bonchev–Trinajstić information content (AvgIpc) is 2.41. The van der Waals surface area contributed by atoms with Crippen molar-refractivity contribution in [1.82, 2.24) is 0 Å². The van der Waals surface area contributed by atoms with Gasteiger partial charge in [-0.1, -0.05) is 6.92 Å². The van der Waals surface area contributed by atoms with Crippen LogP contribution in [0.15, 0.2) is 18.2 Å². The molecule has 0 aliphatic carbocycles. The number of nitro groups is 1. The van der Waals surface area contributed by atoms with Crippen LogP contribution in [-0.2, 0) is 0 Å². The smallest absolute Gasteiger partial charge is 0.275 e. The second-order valence-corrected chi connectivity index (χ2v) is 4.93. The van der Waals surface area contributed by atoms with Gasteiger partial charge in [0.25, 0.3) is 5.69 Å². The minimum atomic E-state index is -0.435. The lowest BCUT2D eigenvalue weighted by atomic mass is 9.95. The summed E-state index contributed by atoms with van der Waals surface area (Å²) in [6.45, 7) is 3.28. The van der Waals surface area contributed by atoms with E-state index in [1.807, 2.05) is 11.8 Å². The molecule has 1 aliphatic rings. The number of nitro benzene ring substituents is 1. The Morgan fingerprint density at radius 1 is 1.47 bits per heavy atom. The number of β-amino-alcohol motifs (C(OH)–C–C–N with tert-alkyl or cyclic N) is 1. The number of benzene rings is 1. The molecule has 6 heteroatoms. The van der Waals surface area contributed by atoms with Crippen molar-refractivity contribution in [2.24, 2.45) is 5.92 Å². The average molecular weight is 266 g/mol. The van der Waals surface area contributed by atoms with Gasteiger partial charge in [0.2, 0.25) is 0 Å². The molecule has 2 atom stereocenters.